The summed E-state index contributed by atoms with van der Waals surface area (Å²) in [4.78, 5) is 13.4. The van der Waals surface area contributed by atoms with E-state index < -0.39 is 0 Å². The maximum absolute atomic E-state index is 11.9. The molecule has 1 N–H and O–H groups in total. The Hall–Kier alpha value is -1.51. The third-order valence-corrected chi connectivity index (χ3v) is 3.34. The molecule has 1 aromatic carbocycles. The zero-order valence-electron chi connectivity index (χ0n) is 14.1. The van der Waals surface area contributed by atoms with Crippen LogP contribution < -0.4 is 5.32 Å². The Morgan fingerprint density at radius 2 is 1.55 bits per heavy atom. The van der Waals surface area contributed by atoms with Gasteiger partial charge in [0.1, 0.15) is 0 Å². The van der Waals surface area contributed by atoms with E-state index >= 15 is 0 Å². The number of rotatable bonds is 1. The van der Waals surface area contributed by atoms with Crippen molar-refractivity contribution in [3.05, 3.63) is 29.3 Å². The molecule has 1 rings (SSSR count). The largest absolute Gasteiger partial charge is 0.331 e. The predicted octanol–water partition coefficient (Wildman–Crippen LogP) is 4.38. The van der Waals surface area contributed by atoms with Crippen LogP contribution in [0.25, 0.3) is 0 Å². The van der Waals surface area contributed by atoms with Gasteiger partial charge in [0.2, 0.25) is 0 Å². The van der Waals surface area contributed by atoms with Crippen LogP contribution in [0, 0.1) is 0 Å². The second-order valence-corrected chi connectivity index (χ2v) is 7.58. The summed E-state index contributed by atoms with van der Waals surface area (Å²) < 4.78 is 0. The van der Waals surface area contributed by atoms with Crippen molar-refractivity contribution in [2.24, 2.45) is 0 Å². The molecule has 0 unspecified atom stereocenters. The summed E-state index contributed by atoms with van der Waals surface area (Å²) >= 11 is 0. The van der Waals surface area contributed by atoms with Crippen molar-refractivity contribution in [1.29, 1.82) is 0 Å². The molecular weight excluding hydrogens is 248 g/mol. The molecule has 2 amide bonds. The number of anilines is 1. The summed E-state index contributed by atoms with van der Waals surface area (Å²) in [6.07, 6.45) is 0. The molecule has 0 aliphatic rings. The van der Waals surface area contributed by atoms with Gasteiger partial charge in [-0.1, -0.05) is 53.7 Å². The number of carbonyl (C=O) groups excluding carboxylic acids is 1. The Labute approximate surface area is 123 Å². The predicted molar refractivity (Wildman–Crippen MR) is 86.5 cm³/mol. The first kappa shape index (κ1) is 16.5. The van der Waals surface area contributed by atoms with Crippen molar-refractivity contribution in [2.75, 3.05) is 19.4 Å². The van der Waals surface area contributed by atoms with Crippen LogP contribution in [-0.4, -0.2) is 25.0 Å². The fraction of sp³-hybridized carbons (Fsp3) is 0.588. The van der Waals surface area contributed by atoms with E-state index in [0.29, 0.717) is 0 Å². The molecule has 3 heteroatoms. The third-order valence-electron chi connectivity index (χ3n) is 3.34. The Kier molecular flexibility index (Phi) is 4.52. The Balaban J connectivity index is 3.29. The number of carbonyl (C=O) groups is 1. The van der Waals surface area contributed by atoms with E-state index in [-0.39, 0.29) is 16.9 Å². The highest BCUT2D eigenvalue weighted by molar-refractivity contribution is 5.90. The smallest absolute Gasteiger partial charge is 0.321 e. The number of hydrogen-bond donors (Lipinski definition) is 1. The van der Waals surface area contributed by atoms with Crippen LogP contribution >= 0.6 is 0 Å². The second kappa shape index (κ2) is 5.47. The molecule has 0 spiro atoms. The van der Waals surface area contributed by atoms with Gasteiger partial charge < -0.3 is 10.2 Å². The van der Waals surface area contributed by atoms with Crippen molar-refractivity contribution in [3.63, 3.8) is 0 Å². The number of hydrogen-bond acceptors (Lipinski definition) is 1. The Bertz CT molecular complexity index is 491. The normalized spacial score (nSPS) is 12.2. The van der Waals surface area contributed by atoms with Gasteiger partial charge in [-0.2, -0.15) is 0 Å². The average Bonchev–Trinajstić information content (AvgIpc) is 2.26. The molecule has 0 bridgehead atoms. The molecule has 20 heavy (non-hydrogen) atoms. The van der Waals surface area contributed by atoms with Gasteiger partial charge in [-0.25, -0.2) is 4.79 Å². The molecule has 112 valence electrons. The lowest BCUT2D eigenvalue weighted by molar-refractivity contribution is 0.230. The number of urea groups is 1. The summed E-state index contributed by atoms with van der Waals surface area (Å²) in [6.45, 7) is 13.1. The van der Waals surface area contributed by atoms with Crippen molar-refractivity contribution in [2.45, 2.75) is 52.4 Å². The highest BCUT2D eigenvalue weighted by atomic mass is 16.2. The summed E-state index contributed by atoms with van der Waals surface area (Å²) in [5.41, 5.74) is 3.43. The molecule has 0 saturated carbocycles. The van der Waals surface area contributed by atoms with Gasteiger partial charge in [0, 0.05) is 19.8 Å². The van der Waals surface area contributed by atoms with Crippen molar-refractivity contribution in [1.82, 2.24) is 4.90 Å². The third kappa shape index (κ3) is 3.99. The van der Waals surface area contributed by atoms with Crippen molar-refractivity contribution < 1.29 is 4.79 Å². The molecule has 0 saturated heterocycles. The molecule has 0 fully saturated rings. The maximum atomic E-state index is 11.9. The van der Waals surface area contributed by atoms with Gasteiger partial charge in [0.25, 0.3) is 0 Å². The van der Waals surface area contributed by atoms with Crippen molar-refractivity contribution >= 4 is 11.7 Å². The highest BCUT2D eigenvalue weighted by Gasteiger charge is 2.23. The van der Waals surface area contributed by atoms with Crippen LogP contribution in [0.1, 0.15) is 52.7 Å². The average molecular weight is 276 g/mol. The topological polar surface area (TPSA) is 32.3 Å². The lowest BCUT2D eigenvalue weighted by Gasteiger charge is -2.28. The molecule has 0 atom stereocenters. The molecule has 3 nitrogen and oxygen atoms in total. The van der Waals surface area contributed by atoms with Crippen LogP contribution in [0.4, 0.5) is 10.5 Å². The summed E-state index contributed by atoms with van der Waals surface area (Å²) in [5, 5.41) is 2.98. The SMILES string of the molecule is CN(C)C(=O)Nc1ccc(C(C)(C)C)cc1C(C)(C)C. The first-order valence-corrected chi connectivity index (χ1v) is 7.06. The monoisotopic (exact) mass is 276 g/mol. The molecule has 0 aliphatic carbocycles. The highest BCUT2D eigenvalue weighted by Crippen LogP contribution is 2.34. The van der Waals surface area contributed by atoms with Crippen molar-refractivity contribution in [3.8, 4) is 0 Å². The van der Waals surface area contributed by atoms with E-state index in [0.717, 1.165) is 5.69 Å². The zero-order valence-corrected chi connectivity index (χ0v) is 14.1. The van der Waals surface area contributed by atoms with E-state index in [4.69, 9.17) is 0 Å². The molecule has 1 aromatic rings. The zero-order chi connectivity index (χ0) is 15.7. The van der Waals surface area contributed by atoms with E-state index in [1.165, 1.54) is 11.1 Å². The van der Waals surface area contributed by atoms with E-state index in [1.54, 1.807) is 19.0 Å². The fourth-order valence-electron chi connectivity index (χ4n) is 1.97. The van der Waals surface area contributed by atoms with E-state index in [1.807, 2.05) is 6.07 Å². The van der Waals surface area contributed by atoms with Gasteiger partial charge >= 0.3 is 6.03 Å². The lowest BCUT2D eigenvalue weighted by Crippen LogP contribution is -2.29. The first-order valence-electron chi connectivity index (χ1n) is 7.06. The summed E-state index contributed by atoms with van der Waals surface area (Å²) in [6, 6.07) is 6.23. The lowest BCUT2D eigenvalue weighted by atomic mass is 9.80. The summed E-state index contributed by atoms with van der Waals surface area (Å²) in [5.74, 6) is 0. The standard InChI is InChI=1S/C17H28N2O/c1-16(2,3)12-9-10-14(18-15(20)19(7)8)13(11-12)17(4,5)6/h9-11H,1-8H3,(H,18,20). The first-order chi connectivity index (χ1) is 8.93. The van der Waals surface area contributed by atoms with Crippen LogP contribution in [0.5, 0.6) is 0 Å². The fourth-order valence-corrected chi connectivity index (χ4v) is 1.97. The minimum absolute atomic E-state index is 0.0177. The van der Waals surface area contributed by atoms with E-state index in [2.05, 4.69) is 59.0 Å². The van der Waals surface area contributed by atoms with Crippen LogP contribution in [-0.2, 0) is 10.8 Å². The van der Waals surface area contributed by atoms with Crippen LogP contribution in [0.3, 0.4) is 0 Å². The van der Waals surface area contributed by atoms with Gasteiger partial charge in [-0.15, -0.1) is 0 Å². The second-order valence-electron chi connectivity index (χ2n) is 7.58. The summed E-state index contributed by atoms with van der Waals surface area (Å²) in [7, 11) is 3.49. The van der Waals surface area contributed by atoms with Gasteiger partial charge in [-0.3, -0.25) is 0 Å². The van der Waals surface area contributed by atoms with Gasteiger partial charge in [-0.05, 0) is 28.0 Å². The Morgan fingerprint density at radius 1 is 1.00 bits per heavy atom. The van der Waals surface area contributed by atoms with E-state index in [9.17, 15) is 4.79 Å². The number of benzene rings is 1. The minimum Gasteiger partial charge on any atom is -0.331 e. The Morgan fingerprint density at radius 3 is 1.95 bits per heavy atom. The molecule has 0 radical (unpaired) electrons. The number of amides is 2. The minimum atomic E-state index is -0.0981. The molecule has 0 aliphatic heterocycles. The van der Waals surface area contributed by atoms with Gasteiger partial charge in [0.05, 0.1) is 0 Å². The molecular formula is C17H28N2O. The maximum Gasteiger partial charge on any atom is 0.321 e. The van der Waals surface area contributed by atoms with Crippen LogP contribution in [0.2, 0.25) is 0 Å². The number of nitrogens with zero attached hydrogens (tertiary/aromatic N) is 1. The quantitative estimate of drug-likeness (QED) is 0.811. The van der Waals surface area contributed by atoms with Gasteiger partial charge in [0.15, 0.2) is 0 Å². The van der Waals surface area contributed by atoms with Crippen LogP contribution in [0.15, 0.2) is 18.2 Å². The number of nitrogens with one attached hydrogen (secondary N) is 1. The molecule has 0 heterocycles. The molecule has 0 aromatic heterocycles.